The van der Waals surface area contributed by atoms with Crippen molar-refractivity contribution in [1.82, 2.24) is 25.3 Å². The van der Waals surface area contributed by atoms with E-state index >= 15 is 0 Å². The zero-order chi connectivity index (χ0) is 19.6. The molecule has 4 aromatic rings. The summed E-state index contributed by atoms with van der Waals surface area (Å²) in [7, 11) is 0. The molecule has 1 aliphatic rings. The van der Waals surface area contributed by atoms with Crippen LogP contribution in [0.1, 0.15) is 25.8 Å². The average molecular weight is 387 g/mol. The van der Waals surface area contributed by atoms with Gasteiger partial charge in [0.2, 0.25) is 0 Å². The van der Waals surface area contributed by atoms with Crippen molar-refractivity contribution in [1.29, 1.82) is 0 Å². The number of fused-ring (bicyclic) bond motifs is 1. The lowest BCUT2D eigenvalue weighted by atomic mass is 10.1. The third-order valence-corrected chi connectivity index (χ3v) is 5.80. The topological polar surface area (TPSA) is 61.8 Å². The molecule has 0 amide bonds. The van der Waals surface area contributed by atoms with Gasteiger partial charge < -0.3 is 10.2 Å². The molecule has 0 aliphatic carbocycles. The van der Waals surface area contributed by atoms with E-state index in [9.17, 15) is 0 Å². The van der Waals surface area contributed by atoms with E-state index in [1.807, 2.05) is 6.20 Å². The number of piperidine rings is 1. The van der Waals surface area contributed by atoms with E-state index in [1.165, 1.54) is 11.4 Å². The molecule has 0 bridgehead atoms. The summed E-state index contributed by atoms with van der Waals surface area (Å²) in [5.74, 6) is 0. The highest BCUT2D eigenvalue weighted by Gasteiger charge is 2.18. The maximum Gasteiger partial charge on any atom is 0.103 e. The molecule has 1 aliphatic heterocycles. The Kier molecular flexibility index (Phi) is 4.77. The van der Waals surface area contributed by atoms with Gasteiger partial charge in [-0.2, -0.15) is 10.2 Å². The van der Waals surface area contributed by atoms with Gasteiger partial charge >= 0.3 is 0 Å². The van der Waals surface area contributed by atoms with E-state index in [4.69, 9.17) is 0 Å². The van der Waals surface area contributed by atoms with Crippen LogP contribution in [-0.4, -0.2) is 39.6 Å². The third kappa shape index (κ3) is 3.40. The first kappa shape index (κ1) is 17.9. The number of rotatable bonds is 5. The molecule has 1 fully saturated rings. The molecule has 3 heterocycles. The van der Waals surface area contributed by atoms with Gasteiger partial charge in [0.05, 0.1) is 17.8 Å². The van der Waals surface area contributed by atoms with Crippen LogP contribution >= 0.6 is 0 Å². The molecular weight excluding hydrogens is 360 g/mol. The zero-order valence-corrected chi connectivity index (χ0v) is 16.7. The van der Waals surface area contributed by atoms with Gasteiger partial charge in [0.15, 0.2) is 0 Å². The molecule has 0 atom stereocenters. The summed E-state index contributed by atoms with van der Waals surface area (Å²) in [5.41, 5.74) is 5.43. The Morgan fingerprint density at radius 2 is 1.90 bits per heavy atom. The van der Waals surface area contributed by atoms with Crippen molar-refractivity contribution in [2.24, 2.45) is 0 Å². The summed E-state index contributed by atoms with van der Waals surface area (Å²) in [6, 6.07) is 17.5. The first-order chi connectivity index (χ1) is 14.3. The number of para-hydroxylation sites is 1. The number of anilines is 2. The highest BCUT2D eigenvalue weighted by atomic mass is 15.3. The van der Waals surface area contributed by atoms with Crippen molar-refractivity contribution in [2.45, 2.75) is 25.8 Å². The molecule has 6 nitrogen and oxygen atoms in total. The van der Waals surface area contributed by atoms with Crippen molar-refractivity contribution in [3.63, 3.8) is 0 Å². The average Bonchev–Trinajstić information content (AvgIpc) is 3.42. The van der Waals surface area contributed by atoms with Gasteiger partial charge in [-0.05, 0) is 63.2 Å². The van der Waals surface area contributed by atoms with Crippen LogP contribution in [0.25, 0.3) is 22.2 Å². The second-order valence-corrected chi connectivity index (χ2v) is 7.57. The molecule has 29 heavy (non-hydrogen) atoms. The van der Waals surface area contributed by atoms with Gasteiger partial charge in [-0.15, -0.1) is 0 Å². The first-order valence-corrected chi connectivity index (χ1v) is 10.4. The number of aromatic nitrogens is 4. The van der Waals surface area contributed by atoms with Crippen LogP contribution in [0.5, 0.6) is 0 Å². The number of nitrogens with zero attached hydrogens (tertiary/aromatic N) is 4. The second-order valence-electron chi connectivity index (χ2n) is 7.57. The summed E-state index contributed by atoms with van der Waals surface area (Å²) >= 11 is 0. The second kappa shape index (κ2) is 7.72. The number of benzene rings is 2. The van der Waals surface area contributed by atoms with Crippen molar-refractivity contribution in [2.75, 3.05) is 24.5 Å². The minimum Gasteiger partial charge on any atom is -0.342 e. The highest BCUT2D eigenvalue weighted by Crippen LogP contribution is 2.33. The van der Waals surface area contributed by atoms with Gasteiger partial charge in [0, 0.05) is 35.1 Å². The molecule has 2 N–H and O–H groups in total. The van der Waals surface area contributed by atoms with E-state index in [1.54, 1.807) is 0 Å². The largest absolute Gasteiger partial charge is 0.342 e. The summed E-state index contributed by atoms with van der Waals surface area (Å²) in [6.07, 6.45) is 6.33. The van der Waals surface area contributed by atoms with Gasteiger partial charge in [-0.1, -0.05) is 18.2 Å². The van der Waals surface area contributed by atoms with Crippen LogP contribution in [0.4, 0.5) is 11.4 Å². The van der Waals surface area contributed by atoms with Crippen molar-refractivity contribution >= 4 is 22.3 Å². The fourth-order valence-electron chi connectivity index (χ4n) is 4.24. The Balaban J connectivity index is 1.51. The van der Waals surface area contributed by atoms with Gasteiger partial charge in [0.1, 0.15) is 5.69 Å². The van der Waals surface area contributed by atoms with Crippen LogP contribution in [0.3, 0.4) is 0 Å². The smallest absolute Gasteiger partial charge is 0.103 e. The fourth-order valence-corrected chi connectivity index (χ4v) is 4.24. The lowest BCUT2D eigenvalue weighted by molar-refractivity contribution is 0.343. The maximum atomic E-state index is 4.65. The summed E-state index contributed by atoms with van der Waals surface area (Å²) in [5, 5.41) is 17.0. The lowest BCUT2D eigenvalue weighted by Crippen LogP contribution is -2.29. The molecule has 0 spiro atoms. The predicted octanol–water partition coefficient (Wildman–Crippen LogP) is 4.51. The number of hydrogen-bond donors (Lipinski definition) is 2. The van der Waals surface area contributed by atoms with E-state index in [0.717, 1.165) is 54.6 Å². The number of H-pyrrole nitrogens is 1. The monoisotopic (exact) mass is 386 g/mol. The standard InChI is InChI=1S/C23H26N6/c1-2-28(18-6-4-3-5-7-18)20-8-9-22-21(14-20)23(27-26-22)17-15-25-29(16-17)19-10-12-24-13-11-19/h3-9,14-16,19,24H,2,10-13H2,1H3,(H,26,27). The minimum absolute atomic E-state index is 0.472. The molecule has 0 saturated carbocycles. The van der Waals surface area contributed by atoms with E-state index in [-0.39, 0.29) is 0 Å². The normalized spacial score (nSPS) is 15.1. The molecule has 2 aromatic heterocycles. The zero-order valence-electron chi connectivity index (χ0n) is 16.7. The number of aromatic amines is 1. The third-order valence-electron chi connectivity index (χ3n) is 5.80. The predicted molar refractivity (Wildman–Crippen MR) is 118 cm³/mol. The highest BCUT2D eigenvalue weighted by molar-refractivity contribution is 5.95. The lowest BCUT2D eigenvalue weighted by Gasteiger charge is -2.23. The molecule has 6 heteroatoms. The van der Waals surface area contributed by atoms with Crippen LogP contribution in [0.2, 0.25) is 0 Å². The van der Waals surface area contributed by atoms with Crippen LogP contribution < -0.4 is 10.2 Å². The summed E-state index contributed by atoms with van der Waals surface area (Å²) in [6.45, 7) is 5.19. The number of hydrogen-bond acceptors (Lipinski definition) is 4. The van der Waals surface area contributed by atoms with Crippen molar-refractivity contribution in [3.05, 3.63) is 60.9 Å². The molecular formula is C23H26N6. The molecule has 148 valence electrons. The minimum atomic E-state index is 0.472. The number of nitrogens with one attached hydrogen (secondary N) is 2. The van der Waals surface area contributed by atoms with E-state index in [0.29, 0.717) is 6.04 Å². The van der Waals surface area contributed by atoms with Gasteiger partial charge in [-0.25, -0.2) is 0 Å². The molecule has 2 aromatic carbocycles. The molecule has 1 saturated heterocycles. The van der Waals surface area contributed by atoms with Crippen LogP contribution in [-0.2, 0) is 0 Å². The molecule has 0 unspecified atom stereocenters. The summed E-state index contributed by atoms with van der Waals surface area (Å²) in [4.78, 5) is 2.31. The van der Waals surface area contributed by atoms with Gasteiger partial charge in [0.25, 0.3) is 0 Å². The Hall–Kier alpha value is -3.12. The van der Waals surface area contributed by atoms with Crippen LogP contribution in [0.15, 0.2) is 60.9 Å². The van der Waals surface area contributed by atoms with Crippen molar-refractivity contribution < 1.29 is 0 Å². The Morgan fingerprint density at radius 1 is 1.07 bits per heavy atom. The van der Waals surface area contributed by atoms with E-state index < -0.39 is 0 Å². The first-order valence-electron chi connectivity index (χ1n) is 10.4. The fraction of sp³-hybridized carbons (Fsp3) is 0.304. The Bertz CT molecular complexity index is 1090. The molecule has 5 rings (SSSR count). The van der Waals surface area contributed by atoms with Crippen molar-refractivity contribution in [3.8, 4) is 11.3 Å². The van der Waals surface area contributed by atoms with E-state index in [2.05, 4.69) is 91.8 Å². The summed E-state index contributed by atoms with van der Waals surface area (Å²) < 4.78 is 2.11. The quantitative estimate of drug-likeness (QED) is 0.530. The Morgan fingerprint density at radius 3 is 2.69 bits per heavy atom. The Labute approximate surface area is 170 Å². The SMILES string of the molecule is CCN(c1ccccc1)c1ccc2[nH]nc(-c3cnn(C4CCNCC4)c3)c2c1. The van der Waals surface area contributed by atoms with Crippen LogP contribution in [0, 0.1) is 0 Å². The molecule has 0 radical (unpaired) electrons. The maximum absolute atomic E-state index is 4.65. The van der Waals surface area contributed by atoms with Gasteiger partial charge in [-0.3, -0.25) is 9.78 Å².